The van der Waals surface area contributed by atoms with E-state index in [2.05, 4.69) is 15.0 Å². The van der Waals surface area contributed by atoms with Crippen LogP contribution in [0.5, 0.6) is 5.75 Å². The van der Waals surface area contributed by atoms with Crippen molar-refractivity contribution in [1.82, 2.24) is 19.5 Å². The fourth-order valence-electron chi connectivity index (χ4n) is 3.50. The summed E-state index contributed by atoms with van der Waals surface area (Å²) in [5.41, 5.74) is 0.633. The Kier molecular flexibility index (Phi) is 5.83. The number of hydrogen-bond acceptors (Lipinski definition) is 5. The van der Waals surface area contributed by atoms with Crippen molar-refractivity contribution in [3.05, 3.63) is 81.2 Å². The lowest BCUT2D eigenvalue weighted by atomic mass is 9.84. The summed E-state index contributed by atoms with van der Waals surface area (Å²) >= 11 is 18.9. The molecule has 0 radical (unpaired) electrons. The molecule has 4 rings (SSSR count). The molecule has 0 saturated carbocycles. The highest BCUT2D eigenvalue weighted by atomic mass is 35.5. The van der Waals surface area contributed by atoms with Gasteiger partial charge in [-0.25, -0.2) is 15.0 Å². The highest BCUT2D eigenvalue weighted by molar-refractivity contribution is 6.40. The summed E-state index contributed by atoms with van der Waals surface area (Å²) in [5, 5.41) is 13.5. The van der Waals surface area contributed by atoms with Crippen LogP contribution in [-0.4, -0.2) is 30.7 Å². The third-order valence-corrected chi connectivity index (χ3v) is 5.80. The maximum absolute atomic E-state index is 12.0. The van der Waals surface area contributed by atoms with E-state index in [1.807, 2.05) is 13.8 Å². The van der Waals surface area contributed by atoms with Crippen LogP contribution in [-0.2, 0) is 12.6 Å². The lowest BCUT2D eigenvalue weighted by Gasteiger charge is -2.29. The fraction of sp³-hybridized carbons (Fsp3) is 0.227. The molecule has 0 bridgehead atoms. The van der Waals surface area contributed by atoms with E-state index >= 15 is 0 Å². The van der Waals surface area contributed by atoms with Gasteiger partial charge in [0, 0.05) is 24.2 Å². The van der Waals surface area contributed by atoms with Crippen LogP contribution in [0.4, 0.5) is 0 Å². The van der Waals surface area contributed by atoms with E-state index in [-0.39, 0.29) is 11.3 Å². The zero-order chi connectivity index (χ0) is 22.3. The Balaban J connectivity index is 1.98. The fourth-order valence-corrected chi connectivity index (χ4v) is 4.17. The molecular weight excluding hydrogens is 459 g/mol. The first-order chi connectivity index (χ1) is 14.7. The van der Waals surface area contributed by atoms with Crippen molar-refractivity contribution in [3.8, 4) is 5.75 Å². The molecule has 31 heavy (non-hydrogen) atoms. The third kappa shape index (κ3) is 3.85. The van der Waals surface area contributed by atoms with E-state index in [1.54, 1.807) is 54.5 Å². The van der Waals surface area contributed by atoms with Gasteiger partial charge in [0.15, 0.2) is 16.5 Å². The number of rotatable bonds is 5. The number of aromatic nitrogens is 4. The lowest BCUT2D eigenvalue weighted by molar-refractivity contribution is 0.117. The molecule has 0 aliphatic carbocycles. The van der Waals surface area contributed by atoms with Crippen molar-refractivity contribution in [1.29, 1.82) is 0 Å². The van der Waals surface area contributed by atoms with Gasteiger partial charge in [-0.05, 0) is 37.6 Å². The predicted octanol–water partition coefficient (Wildman–Crippen LogP) is 5.39. The quantitative estimate of drug-likeness (QED) is 0.390. The standard InChI is InChI=1S/C22H19Cl3N4O2/c1-12(2)31-20-19(24)15-8-13(4-6-16(15)28-21(20)25)22(30,17-10-26-11-29(17)3)14-5-7-18(23)27-9-14/h4-12,30H,1-3H3. The second-order valence-corrected chi connectivity index (χ2v) is 8.54. The molecule has 1 N–H and O–H groups in total. The Morgan fingerprint density at radius 2 is 1.81 bits per heavy atom. The first-order valence-electron chi connectivity index (χ1n) is 9.49. The van der Waals surface area contributed by atoms with Crippen LogP contribution in [0.3, 0.4) is 0 Å². The summed E-state index contributed by atoms with van der Waals surface area (Å²) in [6.45, 7) is 3.75. The summed E-state index contributed by atoms with van der Waals surface area (Å²) in [7, 11) is 1.81. The van der Waals surface area contributed by atoms with E-state index in [0.717, 1.165) is 0 Å². The molecule has 0 aliphatic heterocycles. The Morgan fingerprint density at radius 3 is 2.42 bits per heavy atom. The smallest absolute Gasteiger partial charge is 0.176 e. The van der Waals surface area contributed by atoms with Crippen LogP contribution < -0.4 is 4.74 Å². The highest BCUT2D eigenvalue weighted by Crippen LogP contribution is 2.42. The molecule has 9 heteroatoms. The second-order valence-electron chi connectivity index (χ2n) is 7.41. The normalized spacial score (nSPS) is 13.5. The number of pyridine rings is 2. The molecule has 3 aromatic heterocycles. The highest BCUT2D eigenvalue weighted by Gasteiger charge is 2.37. The first-order valence-corrected chi connectivity index (χ1v) is 10.6. The van der Waals surface area contributed by atoms with Gasteiger partial charge >= 0.3 is 0 Å². The number of aryl methyl sites for hydroxylation is 1. The number of imidazole rings is 1. The molecule has 0 aliphatic rings. The zero-order valence-corrected chi connectivity index (χ0v) is 19.2. The predicted molar refractivity (Wildman–Crippen MR) is 122 cm³/mol. The summed E-state index contributed by atoms with van der Waals surface area (Å²) in [6, 6.07) is 8.65. The SMILES string of the molecule is CC(C)Oc1c(Cl)nc2ccc(C(O)(c3ccc(Cl)nc3)c3cncn3C)cc2c1Cl. The van der Waals surface area contributed by atoms with Gasteiger partial charge in [0.2, 0.25) is 0 Å². The van der Waals surface area contributed by atoms with Crippen molar-refractivity contribution in [2.24, 2.45) is 7.05 Å². The van der Waals surface area contributed by atoms with E-state index in [0.29, 0.717) is 43.6 Å². The number of halogens is 3. The lowest BCUT2D eigenvalue weighted by Crippen LogP contribution is -2.31. The van der Waals surface area contributed by atoms with Crippen LogP contribution in [0, 0.1) is 0 Å². The average molecular weight is 478 g/mol. The van der Waals surface area contributed by atoms with Crippen molar-refractivity contribution in [3.63, 3.8) is 0 Å². The largest absolute Gasteiger partial charge is 0.486 e. The number of fused-ring (bicyclic) bond motifs is 1. The molecular formula is C22H19Cl3N4O2. The molecule has 0 fully saturated rings. The summed E-state index contributed by atoms with van der Waals surface area (Å²) in [6.07, 6.45) is 4.62. The number of benzene rings is 1. The van der Waals surface area contributed by atoms with Crippen LogP contribution >= 0.6 is 34.8 Å². The van der Waals surface area contributed by atoms with Gasteiger partial charge in [0.25, 0.3) is 0 Å². The Labute approximate surface area is 194 Å². The first kappa shape index (κ1) is 21.8. The molecule has 6 nitrogen and oxygen atoms in total. The second kappa shape index (κ2) is 8.28. The van der Waals surface area contributed by atoms with Gasteiger partial charge in [-0.3, -0.25) is 0 Å². The molecule has 4 aromatic rings. The molecule has 0 amide bonds. The maximum atomic E-state index is 12.0. The van der Waals surface area contributed by atoms with E-state index < -0.39 is 5.60 Å². The Morgan fingerprint density at radius 1 is 1.06 bits per heavy atom. The topological polar surface area (TPSA) is 73.1 Å². The molecule has 160 valence electrons. The summed E-state index contributed by atoms with van der Waals surface area (Å²) in [5.74, 6) is 0.306. The number of hydrogen-bond donors (Lipinski definition) is 1. The Bertz CT molecular complexity index is 1260. The van der Waals surface area contributed by atoms with E-state index in [4.69, 9.17) is 39.5 Å². The molecule has 1 unspecified atom stereocenters. The number of aliphatic hydroxyl groups is 1. The minimum atomic E-state index is -1.57. The van der Waals surface area contributed by atoms with Crippen LogP contribution in [0.2, 0.25) is 15.3 Å². The zero-order valence-electron chi connectivity index (χ0n) is 17.0. The molecule has 1 aromatic carbocycles. The summed E-state index contributed by atoms with van der Waals surface area (Å²) < 4.78 is 7.51. The van der Waals surface area contributed by atoms with Crippen LogP contribution in [0.1, 0.15) is 30.7 Å². The van der Waals surface area contributed by atoms with Gasteiger partial charge in [-0.15, -0.1) is 0 Å². The van der Waals surface area contributed by atoms with Gasteiger partial charge in [0.05, 0.1) is 34.9 Å². The van der Waals surface area contributed by atoms with Gasteiger partial charge in [0.1, 0.15) is 5.15 Å². The third-order valence-electron chi connectivity index (χ3n) is 4.94. The van der Waals surface area contributed by atoms with Crippen LogP contribution in [0.25, 0.3) is 10.9 Å². The molecule has 1 atom stereocenters. The van der Waals surface area contributed by atoms with Gasteiger partial charge < -0.3 is 14.4 Å². The van der Waals surface area contributed by atoms with Crippen molar-refractivity contribution in [2.45, 2.75) is 25.6 Å². The molecule has 3 heterocycles. The number of ether oxygens (including phenoxy) is 1. The molecule has 0 spiro atoms. The van der Waals surface area contributed by atoms with Crippen molar-refractivity contribution in [2.75, 3.05) is 0 Å². The van der Waals surface area contributed by atoms with E-state index in [1.165, 1.54) is 6.20 Å². The maximum Gasteiger partial charge on any atom is 0.176 e. The van der Waals surface area contributed by atoms with Crippen molar-refractivity contribution >= 4 is 45.7 Å². The molecule has 0 saturated heterocycles. The monoisotopic (exact) mass is 476 g/mol. The minimum absolute atomic E-state index is 0.135. The van der Waals surface area contributed by atoms with Gasteiger partial charge in [-0.2, -0.15) is 0 Å². The van der Waals surface area contributed by atoms with Gasteiger partial charge in [-0.1, -0.05) is 46.9 Å². The van der Waals surface area contributed by atoms with Crippen LogP contribution in [0.15, 0.2) is 49.1 Å². The number of nitrogens with zero attached hydrogens (tertiary/aromatic N) is 4. The Hall–Kier alpha value is -2.38. The summed E-state index contributed by atoms with van der Waals surface area (Å²) in [4.78, 5) is 12.7. The minimum Gasteiger partial charge on any atom is -0.486 e. The van der Waals surface area contributed by atoms with E-state index in [9.17, 15) is 5.11 Å². The van der Waals surface area contributed by atoms with Crippen molar-refractivity contribution < 1.29 is 9.84 Å². The average Bonchev–Trinajstić information content (AvgIpc) is 3.17.